The molecule has 1 heterocycles. The highest BCUT2D eigenvalue weighted by Crippen LogP contribution is 2.41. The molecule has 2 N–H and O–H groups in total. The monoisotopic (exact) mass is 179 g/mol. The molecule has 70 valence electrons. The lowest BCUT2D eigenvalue weighted by Crippen LogP contribution is -2.48. The number of fused-ring (bicyclic) bond motifs is 2. The van der Waals surface area contributed by atoms with E-state index in [1.54, 1.807) is 0 Å². The van der Waals surface area contributed by atoms with Crippen molar-refractivity contribution in [2.45, 2.75) is 31.3 Å². The van der Waals surface area contributed by atoms with Crippen molar-refractivity contribution in [1.82, 2.24) is 4.90 Å². The summed E-state index contributed by atoms with van der Waals surface area (Å²) >= 11 is 0. The molecular formula is C9H13N3O. The van der Waals surface area contributed by atoms with Crippen LogP contribution in [0.3, 0.4) is 0 Å². The molecule has 0 aromatic rings. The van der Waals surface area contributed by atoms with E-state index in [0.29, 0.717) is 18.5 Å². The van der Waals surface area contributed by atoms with Gasteiger partial charge in [-0.05, 0) is 25.2 Å². The quantitative estimate of drug-likeness (QED) is 0.599. The van der Waals surface area contributed by atoms with Gasteiger partial charge in [0.15, 0.2) is 0 Å². The van der Waals surface area contributed by atoms with E-state index < -0.39 is 0 Å². The second kappa shape index (κ2) is 3.00. The highest BCUT2D eigenvalue weighted by molar-refractivity contribution is 5.81. The van der Waals surface area contributed by atoms with Crippen LogP contribution in [0, 0.1) is 17.2 Å². The molecule has 13 heavy (non-hydrogen) atoms. The number of primary amides is 1. The van der Waals surface area contributed by atoms with Gasteiger partial charge in [0.05, 0.1) is 18.7 Å². The van der Waals surface area contributed by atoms with Crippen LogP contribution in [0.15, 0.2) is 0 Å². The Morgan fingerprint density at radius 2 is 2.38 bits per heavy atom. The van der Waals surface area contributed by atoms with Crippen LogP contribution in [0.4, 0.5) is 0 Å². The summed E-state index contributed by atoms with van der Waals surface area (Å²) in [5, 5.41) is 8.61. The zero-order chi connectivity index (χ0) is 9.42. The Hall–Kier alpha value is -1.08. The van der Waals surface area contributed by atoms with Crippen molar-refractivity contribution >= 4 is 5.91 Å². The Morgan fingerprint density at radius 3 is 3.00 bits per heavy atom. The lowest BCUT2D eigenvalue weighted by Gasteiger charge is -2.30. The second-order valence-electron chi connectivity index (χ2n) is 3.90. The fourth-order valence-electron chi connectivity index (χ4n) is 2.78. The summed E-state index contributed by atoms with van der Waals surface area (Å²) in [7, 11) is 0. The average Bonchev–Trinajstić information content (AvgIpc) is 2.63. The molecule has 0 spiro atoms. The highest BCUT2D eigenvalue weighted by atomic mass is 16.1. The first kappa shape index (κ1) is 8.52. The largest absolute Gasteiger partial charge is 0.368 e. The van der Waals surface area contributed by atoms with E-state index >= 15 is 0 Å². The minimum atomic E-state index is -0.262. The van der Waals surface area contributed by atoms with Crippen LogP contribution in [0.2, 0.25) is 0 Å². The Labute approximate surface area is 77.3 Å². The molecule has 2 bridgehead atoms. The third-order valence-corrected chi connectivity index (χ3v) is 3.26. The zero-order valence-electron chi connectivity index (χ0n) is 7.44. The summed E-state index contributed by atoms with van der Waals surface area (Å²) in [6.07, 6.45) is 3.27. The first-order valence-electron chi connectivity index (χ1n) is 4.66. The van der Waals surface area contributed by atoms with Crippen molar-refractivity contribution in [3.63, 3.8) is 0 Å². The van der Waals surface area contributed by atoms with Gasteiger partial charge in [0.2, 0.25) is 5.91 Å². The molecule has 0 aromatic carbocycles. The van der Waals surface area contributed by atoms with Crippen LogP contribution in [0.25, 0.3) is 0 Å². The van der Waals surface area contributed by atoms with Crippen LogP contribution >= 0.6 is 0 Å². The lowest BCUT2D eigenvalue weighted by molar-refractivity contribution is -0.124. The number of hydrogen-bond donors (Lipinski definition) is 1. The van der Waals surface area contributed by atoms with Gasteiger partial charge in [0.1, 0.15) is 0 Å². The van der Waals surface area contributed by atoms with Gasteiger partial charge in [-0.2, -0.15) is 5.26 Å². The Bertz CT molecular complexity index is 271. The Balaban J connectivity index is 2.16. The predicted octanol–water partition coefficient (Wildman–Crippen LogP) is -0.152. The van der Waals surface area contributed by atoms with Crippen LogP contribution in [0.5, 0.6) is 0 Å². The van der Waals surface area contributed by atoms with E-state index in [-0.39, 0.29) is 11.9 Å². The zero-order valence-corrected chi connectivity index (χ0v) is 7.44. The highest BCUT2D eigenvalue weighted by Gasteiger charge is 2.48. The van der Waals surface area contributed by atoms with Gasteiger partial charge in [-0.1, -0.05) is 0 Å². The number of carbonyl (C=O) groups excluding carboxylic acids is 1. The summed E-state index contributed by atoms with van der Waals surface area (Å²) in [5.41, 5.74) is 5.31. The summed E-state index contributed by atoms with van der Waals surface area (Å²) in [6.45, 7) is 0.342. The van der Waals surface area contributed by atoms with Gasteiger partial charge in [-0.15, -0.1) is 0 Å². The van der Waals surface area contributed by atoms with E-state index in [4.69, 9.17) is 11.0 Å². The molecule has 2 aliphatic rings. The molecule has 3 atom stereocenters. The van der Waals surface area contributed by atoms with Gasteiger partial charge in [-0.3, -0.25) is 9.69 Å². The maximum Gasteiger partial charge on any atom is 0.235 e. The number of amides is 1. The van der Waals surface area contributed by atoms with Crippen molar-refractivity contribution in [3.05, 3.63) is 0 Å². The van der Waals surface area contributed by atoms with Crippen LogP contribution < -0.4 is 5.73 Å². The molecule has 1 aliphatic heterocycles. The normalized spacial score (nSPS) is 37.6. The fourth-order valence-corrected chi connectivity index (χ4v) is 2.78. The van der Waals surface area contributed by atoms with Gasteiger partial charge in [0, 0.05) is 6.04 Å². The molecule has 4 nitrogen and oxygen atoms in total. The van der Waals surface area contributed by atoms with E-state index in [0.717, 1.165) is 19.3 Å². The molecule has 0 unspecified atom stereocenters. The minimum Gasteiger partial charge on any atom is -0.368 e. The fraction of sp³-hybridized carbons (Fsp3) is 0.778. The lowest BCUT2D eigenvalue weighted by atomic mass is 9.98. The molecule has 4 heteroatoms. The number of nitrogens with zero attached hydrogens (tertiary/aromatic N) is 2. The van der Waals surface area contributed by atoms with Gasteiger partial charge in [0.25, 0.3) is 0 Å². The van der Waals surface area contributed by atoms with Gasteiger partial charge in [-0.25, -0.2) is 0 Å². The van der Waals surface area contributed by atoms with Crippen molar-refractivity contribution in [3.8, 4) is 6.07 Å². The number of nitriles is 1. The standard InChI is InChI=1S/C9H13N3O/c10-3-4-12-7-2-1-6(5-7)8(12)9(11)13/h6-8H,1-2,4-5H2,(H2,11,13)/t6-,7+,8-/m0/s1. The summed E-state index contributed by atoms with van der Waals surface area (Å²) in [4.78, 5) is 13.1. The molecule has 2 fully saturated rings. The van der Waals surface area contributed by atoms with Crippen molar-refractivity contribution < 1.29 is 4.79 Å². The number of carbonyl (C=O) groups is 1. The molecule has 1 aliphatic carbocycles. The SMILES string of the molecule is N#CCN1[C@@H]2CC[C@@H](C2)[C@H]1C(N)=O. The first-order valence-corrected chi connectivity index (χ1v) is 4.66. The van der Waals surface area contributed by atoms with Crippen LogP contribution in [0.1, 0.15) is 19.3 Å². The predicted molar refractivity (Wildman–Crippen MR) is 46.4 cm³/mol. The van der Waals surface area contributed by atoms with E-state index in [2.05, 4.69) is 6.07 Å². The number of rotatable bonds is 2. The Kier molecular flexibility index (Phi) is 1.97. The smallest absolute Gasteiger partial charge is 0.235 e. The molecule has 1 amide bonds. The number of hydrogen-bond acceptors (Lipinski definition) is 3. The van der Waals surface area contributed by atoms with Gasteiger partial charge < -0.3 is 5.73 Å². The van der Waals surface area contributed by atoms with E-state index in [1.165, 1.54) is 0 Å². The van der Waals surface area contributed by atoms with Crippen LogP contribution in [-0.2, 0) is 4.79 Å². The minimum absolute atomic E-state index is 0.168. The molecule has 2 rings (SSSR count). The second-order valence-corrected chi connectivity index (χ2v) is 3.90. The molecule has 1 saturated carbocycles. The third kappa shape index (κ3) is 1.20. The third-order valence-electron chi connectivity index (χ3n) is 3.26. The summed E-state index contributed by atoms with van der Waals surface area (Å²) in [5.74, 6) is 0.151. The van der Waals surface area contributed by atoms with Gasteiger partial charge >= 0.3 is 0 Å². The van der Waals surface area contributed by atoms with Crippen LogP contribution in [-0.4, -0.2) is 29.4 Å². The summed E-state index contributed by atoms with van der Waals surface area (Å²) < 4.78 is 0. The van der Waals surface area contributed by atoms with E-state index in [1.807, 2.05) is 4.90 Å². The average molecular weight is 179 g/mol. The number of piperidine rings is 1. The topological polar surface area (TPSA) is 70.1 Å². The maximum atomic E-state index is 11.1. The first-order chi connectivity index (χ1) is 6.24. The van der Waals surface area contributed by atoms with Crippen molar-refractivity contribution in [2.24, 2.45) is 11.7 Å². The Morgan fingerprint density at radius 1 is 1.62 bits per heavy atom. The van der Waals surface area contributed by atoms with Crippen molar-refractivity contribution in [2.75, 3.05) is 6.54 Å². The van der Waals surface area contributed by atoms with Crippen molar-refractivity contribution in [1.29, 1.82) is 5.26 Å². The van der Waals surface area contributed by atoms with E-state index in [9.17, 15) is 4.79 Å². The molecular weight excluding hydrogens is 166 g/mol. The molecule has 1 saturated heterocycles. The number of likely N-dealkylation sites (tertiary alicyclic amines) is 1. The number of nitrogens with two attached hydrogens (primary N) is 1. The molecule has 0 radical (unpaired) electrons. The molecule has 0 aromatic heterocycles. The summed E-state index contributed by atoms with van der Waals surface area (Å²) in [6, 6.07) is 2.36. The maximum absolute atomic E-state index is 11.1.